The van der Waals surface area contributed by atoms with E-state index in [1.165, 1.54) is 10.9 Å². The molecule has 116 valence electrons. The third kappa shape index (κ3) is 3.64. The highest BCUT2D eigenvalue weighted by atomic mass is 35.5. The molecule has 0 aliphatic heterocycles. The normalized spacial score (nSPS) is 12.2. The summed E-state index contributed by atoms with van der Waals surface area (Å²) in [7, 11) is 0. The van der Waals surface area contributed by atoms with Crippen molar-refractivity contribution in [2.24, 2.45) is 5.10 Å². The first-order valence-corrected chi connectivity index (χ1v) is 7.58. The summed E-state index contributed by atoms with van der Waals surface area (Å²) >= 11 is 11.4. The van der Waals surface area contributed by atoms with Crippen LogP contribution in [0.25, 0.3) is 17.6 Å². The van der Waals surface area contributed by atoms with Gasteiger partial charge in [-0.25, -0.2) is 5.10 Å². The van der Waals surface area contributed by atoms with Crippen molar-refractivity contribution in [2.45, 2.75) is 6.92 Å². The molecule has 0 aliphatic carbocycles. The lowest BCUT2D eigenvalue weighted by atomic mass is 10.2. The lowest BCUT2D eigenvalue weighted by Gasteiger charge is -1.97. The Hall–Kier alpha value is -2.51. The van der Waals surface area contributed by atoms with Crippen LogP contribution in [-0.4, -0.2) is 31.3 Å². The van der Waals surface area contributed by atoms with Crippen LogP contribution in [0.5, 0.6) is 0 Å². The minimum absolute atomic E-state index is 0.362. The molecule has 23 heavy (non-hydrogen) atoms. The van der Waals surface area contributed by atoms with Gasteiger partial charge in [0.25, 0.3) is 0 Å². The van der Waals surface area contributed by atoms with E-state index in [1.54, 1.807) is 0 Å². The Bertz CT molecular complexity index is 919. The second-order valence-electron chi connectivity index (χ2n) is 4.78. The van der Waals surface area contributed by atoms with Crippen molar-refractivity contribution in [2.75, 3.05) is 0 Å². The minimum Gasteiger partial charge on any atom is -0.282 e. The van der Waals surface area contributed by atoms with Crippen molar-refractivity contribution in [1.82, 2.24) is 25.1 Å². The van der Waals surface area contributed by atoms with Crippen molar-refractivity contribution >= 4 is 36.1 Å². The van der Waals surface area contributed by atoms with E-state index in [1.807, 2.05) is 49.4 Å². The Labute approximate surface area is 142 Å². The number of aromatic amines is 2. The van der Waals surface area contributed by atoms with Gasteiger partial charge in [0.2, 0.25) is 10.6 Å². The van der Waals surface area contributed by atoms with Gasteiger partial charge in [-0.15, -0.1) is 0 Å². The summed E-state index contributed by atoms with van der Waals surface area (Å²) in [6.07, 6.45) is 3.33. The number of hydrogen-bond acceptors (Lipinski definition) is 4. The van der Waals surface area contributed by atoms with Crippen LogP contribution in [0.4, 0.5) is 0 Å². The summed E-state index contributed by atoms with van der Waals surface area (Å²) in [5.41, 5.74) is 2.56. The molecule has 1 aromatic carbocycles. The lowest BCUT2D eigenvalue weighted by Crippen LogP contribution is -1.94. The van der Waals surface area contributed by atoms with Gasteiger partial charge in [-0.05, 0) is 36.8 Å². The Morgan fingerprint density at radius 2 is 2.04 bits per heavy atom. The Morgan fingerprint density at radius 3 is 2.74 bits per heavy atom. The maximum absolute atomic E-state index is 6.20. The first-order chi connectivity index (χ1) is 11.1. The minimum atomic E-state index is 0.362. The summed E-state index contributed by atoms with van der Waals surface area (Å²) in [5, 5.41) is 18.6. The fraction of sp³-hybridized carbons (Fsp3) is 0.0667. The number of H-pyrrole nitrogens is 2. The molecule has 6 nitrogen and oxygen atoms in total. The third-order valence-corrected chi connectivity index (χ3v) is 3.46. The molecule has 3 rings (SSSR count). The first kappa shape index (κ1) is 15.4. The van der Waals surface area contributed by atoms with E-state index in [0.717, 1.165) is 11.3 Å². The largest absolute Gasteiger partial charge is 0.282 e. The Balaban J connectivity index is 1.90. The highest BCUT2D eigenvalue weighted by molar-refractivity contribution is 7.71. The van der Waals surface area contributed by atoms with E-state index in [-0.39, 0.29) is 0 Å². The number of halogens is 1. The van der Waals surface area contributed by atoms with Crippen LogP contribution >= 0.6 is 23.8 Å². The summed E-state index contributed by atoms with van der Waals surface area (Å²) < 4.78 is 1.84. The molecule has 0 bridgehead atoms. The number of allylic oxidation sites excluding steroid dienone is 1. The molecule has 0 saturated heterocycles. The number of nitrogens with zero attached hydrogens (tertiary/aromatic N) is 4. The van der Waals surface area contributed by atoms with Crippen LogP contribution in [0.2, 0.25) is 0 Å². The van der Waals surface area contributed by atoms with E-state index in [9.17, 15) is 0 Å². The average Bonchev–Trinajstić information content (AvgIpc) is 3.12. The molecule has 3 aromatic rings. The average molecular weight is 345 g/mol. The van der Waals surface area contributed by atoms with Crippen LogP contribution in [0.1, 0.15) is 11.3 Å². The quantitative estimate of drug-likeness (QED) is 0.559. The summed E-state index contributed by atoms with van der Waals surface area (Å²) in [6, 6.07) is 11.6. The van der Waals surface area contributed by atoms with Crippen molar-refractivity contribution in [1.29, 1.82) is 0 Å². The third-order valence-electron chi connectivity index (χ3n) is 2.99. The van der Waals surface area contributed by atoms with E-state index < -0.39 is 0 Å². The van der Waals surface area contributed by atoms with Gasteiger partial charge in [-0.2, -0.15) is 20.0 Å². The van der Waals surface area contributed by atoms with Gasteiger partial charge in [0.15, 0.2) is 0 Å². The SMILES string of the molecule is Cc1cc(-c2n[nH]c(=S)n2/N=C\C(Cl)=C\c2ccccc2)n[nH]1. The standard InChI is InChI=1S/C15H13ClN6S/c1-10-7-13(19-18-10)14-20-21-15(23)22(14)17-9-12(16)8-11-5-3-2-4-6-11/h2-9H,1H3,(H,18,19)(H,21,23)/b12-8-,17-9-. The lowest BCUT2D eigenvalue weighted by molar-refractivity contribution is 0.866. The van der Waals surface area contributed by atoms with Crippen molar-refractivity contribution in [3.63, 3.8) is 0 Å². The zero-order chi connectivity index (χ0) is 16.2. The monoisotopic (exact) mass is 344 g/mol. The second-order valence-corrected chi connectivity index (χ2v) is 5.61. The van der Waals surface area contributed by atoms with Gasteiger partial charge in [-0.3, -0.25) is 5.10 Å². The molecule has 0 atom stereocenters. The maximum atomic E-state index is 6.20. The number of aromatic nitrogens is 5. The van der Waals surface area contributed by atoms with Gasteiger partial charge >= 0.3 is 0 Å². The van der Waals surface area contributed by atoms with Crippen LogP contribution in [0.3, 0.4) is 0 Å². The predicted molar refractivity (Wildman–Crippen MR) is 93.9 cm³/mol. The van der Waals surface area contributed by atoms with Gasteiger partial charge in [0.1, 0.15) is 5.69 Å². The number of aryl methyl sites for hydroxylation is 1. The molecule has 0 saturated carbocycles. The van der Waals surface area contributed by atoms with Gasteiger partial charge in [-0.1, -0.05) is 41.9 Å². The smallest absolute Gasteiger partial charge is 0.216 e. The number of hydrogen-bond donors (Lipinski definition) is 2. The molecule has 0 unspecified atom stereocenters. The molecule has 0 spiro atoms. The highest BCUT2D eigenvalue weighted by Crippen LogP contribution is 2.15. The zero-order valence-electron chi connectivity index (χ0n) is 12.2. The molecule has 0 amide bonds. The van der Waals surface area contributed by atoms with Crippen molar-refractivity contribution < 1.29 is 0 Å². The number of benzene rings is 1. The fourth-order valence-electron chi connectivity index (χ4n) is 1.96. The molecule has 2 aromatic heterocycles. The van der Waals surface area contributed by atoms with E-state index >= 15 is 0 Å². The highest BCUT2D eigenvalue weighted by Gasteiger charge is 2.10. The molecule has 0 fully saturated rings. The van der Waals surface area contributed by atoms with Gasteiger partial charge in [0.05, 0.1) is 11.2 Å². The Morgan fingerprint density at radius 1 is 1.26 bits per heavy atom. The molecule has 2 N–H and O–H groups in total. The van der Waals surface area contributed by atoms with Crippen molar-refractivity contribution in [3.05, 3.63) is 57.5 Å². The van der Waals surface area contributed by atoms with Crippen LogP contribution in [-0.2, 0) is 0 Å². The van der Waals surface area contributed by atoms with Gasteiger partial charge < -0.3 is 0 Å². The van der Waals surface area contributed by atoms with Crippen molar-refractivity contribution in [3.8, 4) is 11.5 Å². The Kier molecular flexibility index (Phi) is 4.50. The summed E-state index contributed by atoms with van der Waals surface area (Å²) in [5.74, 6) is 0.514. The number of rotatable bonds is 4. The summed E-state index contributed by atoms with van der Waals surface area (Å²) in [6.45, 7) is 1.91. The predicted octanol–water partition coefficient (Wildman–Crippen LogP) is 3.75. The maximum Gasteiger partial charge on any atom is 0.216 e. The topological polar surface area (TPSA) is 74.7 Å². The van der Waals surface area contributed by atoms with E-state index in [0.29, 0.717) is 21.3 Å². The van der Waals surface area contributed by atoms with Crippen LogP contribution < -0.4 is 0 Å². The molecular formula is C15H13ClN6S. The first-order valence-electron chi connectivity index (χ1n) is 6.80. The number of nitrogens with one attached hydrogen (secondary N) is 2. The zero-order valence-corrected chi connectivity index (χ0v) is 13.8. The molecule has 8 heteroatoms. The van der Waals surface area contributed by atoms with Gasteiger partial charge in [0, 0.05) is 5.69 Å². The molecular weight excluding hydrogens is 332 g/mol. The van der Waals surface area contributed by atoms with E-state index in [4.69, 9.17) is 23.8 Å². The molecule has 0 aliphatic rings. The molecule has 0 radical (unpaired) electrons. The summed E-state index contributed by atoms with van der Waals surface area (Å²) in [4.78, 5) is 0. The molecule has 2 heterocycles. The van der Waals surface area contributed by atoms with E-state index in [2.05, 4.69) is 25.5 Å². The van der Waals surface area contributed by atoms with Crippen LogP contribution in [0, 0.1) is 11.7 Å². The van der Waals surface area contributed by atoms with Crippen LogP contribution in [0.15, 0.2) is 46.5 Å². The second kappa shape index (κ2) is 6.72. The fourth-order valence-corrected chi connectivity index (χ4v) is 2.30.